The van der Waals surface area contributed by atoms with Crippen LogP contribution in [0.5, 0.6) is 23.0 Å². The van der Waals surface area contributed by atoms with Gasteiger partial charge < -0.3 is 23.4 Å². The third-order valence-corrected chi connectivity index (χ3v) is 5.59. The van der Waals surface area contributed by atoms with Gasteiger partial charge in [-0.05, 0) is 66.9 Å². The molecule has 6 nitrogen and oxygen atoms in total. The number of oxazole rings is 1. The Kier molecular flexibility index (Phi) is 5.46. The topological polar surface area (TPSA) is 63.0 Å². The van der Waals surface area contributed by atoms with Gasteiger partial charge in [0.1, 0.15) is 11.3 Å². The molecular weight excluding hydrogens is 394 g/mol. The molecule has 0 aliphatic rings. The molecule has 31 heavy (non-hydrogen) atoms. The minimum Gasteiger partial charge on any atom is -0.496 e. The fraction of sp³-hybridized carbons (Fsp3) is 0.240. The van der Waals surface area contributed by atoms with Crippen molar-refractivity contribution in [2.45, 2.75) is 13.8 Å². The molecule has 1 heterocycles. The highest BCUT2D eigenvalue weighted by Gasteiger charge is 2.19. The predicted octanol–water partition coefficient (Wildman–Crippen LogP) is 5.81. The largest absolute Gasteiger partial charge is 0.496 e. The van der Waals surface area contributed by atoms with E-state index >= 15 is 0 Å². The quantitative estimate of drug-likeness (QED) is 0.393. The van der Waals surface area contributed by atoms with Crippen LogP contribution in [0.2, 0.25) is 0 Å². The summed E-state index contributed by atoms with van der Waals surface area (Å²) in [6.07, 6.45) is 0. The smallest absolute Gasteiger partial charge is 0.227 e. The Morgan fingerprint density at radius 3 is 2.03 bits per heavy atom. The fourth-order valence-electron chi connectivity index (χ4n) is 3.78. The van der Waals surface area contributed by atoms with Crippen molar-refractivity contribution in [3.8, 4) is 45.6 Å². The summed E-state index contributed by atoms with van der Waals surface area (Å²) in [4.78, 5) is 4.70. The van der Waals surface area contributed by atoms with Crippen LogP contribution in [0.1, 0.15) is 11.1 Å². The summed E-state index contributed by atoms with van der Waals surface area (Å²) >= 11 is 0. The number of nitrogens with zero attached hydrogens (tertiary/aromatic N) is 1. The molecule has 0 spiro atoms. The van der Waals surface area contributed by atoms with E-state index in [0.717, 1.165) is 39.1 Å². The highest BCUT2D eigenvalue weighted by atomic mass is 16.5. The van der Waals surface area contributed by atoms with Crippen LogP contribution in [0, 0.1) is 13.8 Å². The summed E-state index contributed by atoms with van der Waals surface area (Å²) in [7, 11) is 6.47. The first-order valence-electron chi connectivity index (χ1n) is 9.86. The molecule has 0 atom stereocenters. The number of hydrogen-bond donors (Lipinski definition) is 0. The minimum atomic E-state index is 0.546. The van der Waals surface area contributed by atoms with Gasteiger partial charge in [0.25, 0.3) is 0 Å². The van der Waals surface area contributed by atoms with Crippen molar-refractivity contribution in [3.05, 3.63) is 53.6 Å². The molecule has 0 saturated carbocycles. The molecule has 1 aromatic heterocycles. The zero-order chi connectivity index (χ0) is 22.1. The molecule has 0 N–H and O–H groups in total. The second kappa shape index (κ2) is 8.22. The summed E-state index contributed by atoms with van der Waals surface area (Å²) in [6, 6.07) is 13.6. The number of aromatic nitrogens is 1. The monoisotopic (exact) mass is 419 g/mol. The molecule has 4 rings (SSSR count). The van der Waals surface area contributed by atoms with Gasteiger partial charge in [0.2, 0.25) is 11.6 Å². The number of ether oxygens (including phenoxy) is 4. The van der Waals surface area contributed by atoms with Gasteiger partial charge in [-0.3, -0.25) is 0 Å². The summed E-state index contributed by atoms with van der Waals surface area (Å²) in [6.45, 7) is 4.07. The van der Waals surface area contributed by atoms with Gasteiger partial charge >= 0.3 is 0 Å². The minimum absolute atomic E-state index is 0.546. The van der Waals surface area contributed by atoms with Crippen molar-refractivity contribution >= 4 is 11.1 Å². The second-order valence-electron chi connectivity index (χ2n) is 7.15. The molecule has 6 heteroatoms. The van der Waals surface area contributed by atoms with E-state index in [1.54, 1.807) is 28.4 Å². The lowest BCUT2D eigenvalue weighted by Gasteiger charge is -2.15. The van der Waals surface area contributed by atoms with Gasteiger partial charge in [-0.25, -0.2) is 4.98 Å². The summed E-state index contributed by atoms with van der Waals surface area (Å²) < 4.78 is 28.1. The second-order valence-corrected chi connectivity index (χ2v) is 7.15. The van der Waals surface area contributed by atoms with E-state index in [4.69, 9.17) is 28.3 Å². The van der Waals surface area contributed by atoms with Crippen LogP contribution in [0.15, 0.2) is 46.9 Å². The van der Waals surface area contributed by atoms with Crippen molar-refractivity contribution < 1.29 is 23.4 Å². The normalized spacial score (nSPS) is 10.9. The van der Waals surface area contributed by atoms with Crippen LogP contribution in [-0.2, 0) is 0 Å². The molecule has 0 radical (unpaired) electrons. The number of hydrogen-bond acceptors (Lipinski definition) is 6. The molecule has 0 aliphatic carbocycles. The Morgan fingerprint density at radius 2 is 1.35 bits per heavy atom. The molecule has 0 bridgehead atoms. The van der Waals surface area contributed by atoms with Crippen molar-refractivity contribution in [2.24, 2.45) is 0 Å². The van der Waals surface area contributed by atoms with Crippen LogP contribution >= 0.6 is 0 Å². The molecule has 4 aromatic rings. The third-order valence-electron chi connectivity index (χ3n) is 5.59. The maximum atomic E-state index is 6.15. The highest BCUT2D eigenvalue weighted by Crippen LogP contribution is 2.45. The first-order valence-corrected chi connectivity index (χ1v) is 9.86. The van der Waals surface area contributed by atoms with Gasteiger partial charge in [-0.2, -0.15) is 0 Å². The van der Waals surface area contributed by atoms with E-state index in [-0.39, 0.29) is 0 Å². The number of rotatable bonds is 6. The summed E-state index contributed by atoms with van der Waals surface area (Å²) in [5.41, 5.74) is 6.36. The van der Waals surface area contributed by atoms with E-state index in [0.29, 0.717) is 28.7 Å². The fourth-order valence-corrected chi connectivity index (χ4v) is 3.78. The van der Waals surface area contributed by atoms with Gasteiger partial charge in [-0.1, -0.05) is 6.07 Å². The Labute approximate surface area is 181 Å². The van der Waals surface area contributed by atoms with E-state index < -0.39 is 0 Å². The van der Waals surface area contributed by atoms with Crippen LogP contribution in [0.4, 0.5) is 0 Å². The molecule has 160 valence electrons. The van der Waals surface area contributed by atoms with Crippen LogP contribution in [0.3, 0.4) is 0 Å². The molecule has 0 saturated heterocycles. The van der Waals surface area contributed by atoms with Gasteiger partial charge in [0, 0.05) is 11.1 Å². The third kappa shape index (κ3) is 3.44. The molecule has 0 unspecified atom stereocenters. The summed E-state index contributed by atoms with van der Waals surface area (Å²) in [5, 5.41) is 0. The van der Waals surface area contributed by atoms with E-state index in [1.807, 2.05) is 56.3 Å². The lowest BCUT2D eigenvalue weighted by atomic mass is 10.0. The standard InChI is InChI=1S/C25H25NO5/c1-14-15(2)20(27-3)11-8-17(14)25-26-19-10-7-16(13-22(19)31-25)18-9-12-21(28-4)24(30-6)23(18)29-5/h7-13H,1-6H3. The number of benzene rings is 3. The Balaban J connectivity index is 1.82. The SMILES string of the molecule is COc1ccc(-c2nc3ccc(-c4ccc(OC)c(OC)c4OC)cc3o2)c(C)c1C. The molecule has 0 fully saturated rings. The predicted molar refractivity (Wildman–Crippen MR) is 121 cm³/mol. The lowest BCUT2D eigenvalue weighted by molar-refractivity contribution is 0.325. The van der Waals surface area contributed by atoms with Crippen molar-refractivity contribution in [1.82, 2.24) is 4.98 Å². The van der Waals surface area contributed by atoms with E-state index in [9.17, 15) is 0 Å². The molecular formula is C25H25NO5. The Hall–Kier alpha value is -3.67. The summed E-state index contributed by atoms with van der Waals surface area (Å²) in [5.74, 6) is 3.18. The first-order chi connectivity index (χ1) is 15.0. The zero-order valence-corrected chi connectivity index (χ0v) is 18.5. The van der Waals surface area contributed by atoms with E-state index in [1.165, 1.54) is 0 Å². The molecule has 3 aromatic carbocycles. The molecule has 0 amide bonds. The number of fused-ring (bicyclic) bond motifs is 1. The average molecular weight is 419 g/mol. The zero-order valence-electron chi connectivity index (χ0n) is 18.5. The first kappa shape index (κ1) is 20.6. The van der Waals surface area contributed by atoms with Crippen LogP contribution in [-0.4, -0.2) is 33.4 Å². The maximum absolute atomic E-state index is 6.15. The highest BCUT2D eigenvalue weighted by molar-refractivity contribution is 5.85. The number of methoxy groups -OCH3 is 4. The molecule has 0 aliphatic heterocycles. The van der Waals surface area contributed by atoms with Crippen molar-refractivity contribution in [2.75, 3.05) is 28.4 Å². The van der Waals surface area contributed by atoms with Crippen molar-refractivity contribution in [3.63, 3.8) is 0 Å². The Morgan fingerprint density at radius 1 is 0.677 bits per heavy atom. The average Bonchev–Trinajstić information content (AvgIpc) is 3.22. The van der Waals surface area contributed by atoms with Gasteiger partial charge in [0.15, 0.2) is 17.1 Å². The van der Waals surface area contributed by atoms with Crippen LogP contribution < -0.4 is 18.9 Å². The van der Waals surface area contributed by atoms with Gasteiger partial charge in [0.05, 0.1) is 28.4 Å². The Bertz CT molecular complexity index is 1260. The van der Waals surface area contributed by atoms with Crippen molar-refractivity contribution in [1.29, 1.82) is 0 Å². The van der Waals surface area contributed by atoms with Crippen LogP contribution in [0.25, 0.3) is 33.7 Å². The van der Waals surface area contributed by atoms with E-state index in [2.05, 4.69) is 0 Å². The lowest BCUT2D eigenvalue weighted by Crippen LogP contribution is -1.96. The maximum Gasteiger partial charge on any atom is 0.227 e. The van der Waals surface area contributed by atoms with Gasteiger partial charge in [-0.15, -0.1) is 0 Å².